The van der Waals surface area contributed by atoms with Crippen LogP contribution in [0.5, 0.6) is 0 Å². The third kappa shape index (κ3) is 2.58. The minimum atomic E-state index is 0.250. The van der Waals surface area contributed by atoms with Crippen molar-refractivity contribution in [2.24, 2.45) is 5.92 Å². The molecule has 2 aromatic heterocycles. The van der Waals surface area contributed by atoms with E-state index in [4.69, 9.17) is 0 Å². The molecule has 0 amide bonds. The Hall–Kier alpha value is -1.20. The number of fused-ring (bicyclic) bond motifs is 1. The predicted molar refractivity (Wildman–Crippen MR) is 79.1 cm³/mol. The van der Waals surface area contributed by atoms with E-state index >= 15 is 0 Å². The summed E-state index contributed by atoms with van der Waals surface area (Å²) in [7, 11) is 0. The Kier molecular flexibility index (Phi) is 3.66. The van der Waals surface area contributed by atoms with Gasteiger partial charge in [-0.2, -0.15) is 0 Å². The first kappa shape index (κ1) is 12.8. The normalized spacial score (nSPS) is 22.8. The summed E-state index contributed by atoms with van der Waals surface area (Å²) < 4.78 is 0.929. The largest absolute Gasteiger partial charge is 0.396 e. The standard InChI is InChI=1S/C14H16BrN3O/c15-10-6-13-14(17-7-10)12(4-5-16-13)18-11-3-1-2-9(11)8-19/h4-7,9,11,19H,1-3,8H2,(H,16,18). The van der Waals surface area contributed by atoms with Gasteiger partial charge in [0.05, 0.1) is 11.2 Å². The Labute approximate surface area is 120 Å². The molecule has 2 atom stereocenters. The fourth-order valence-corrected chi connectivity index (χ4v) is 3.09. The maximum absolute atomic E-state index is 9.39. The monoisotopic (exact) mass is 321 g/mol. The molecule has 0 saturated heterocycles. The third-order valence-corrected chi connectivity index (χ3v) is 4.21. The lowest BCUT2D eigenvalue weighted by Gasteiger charge is -2.20. The fourth-order valence-electron chi connectivity index (χ4n) is 2.77. The summed E-state index contributed by atoms with van der Waals surface area (Å²) in [5.41, 5.74) is 2.76. The molecule has 19 heavy (non-hydrogen) atoms. The van der Waals surface area contributed by atoms with Gasteiger partial charge in [0.1, 0.15) is 5.52 Å². The molecule has 5 heteroatoms. The second-order valence-electron chi connectivity index (χ2n) is 5.00. The fraction of sp³-hybridized carbons (Fsp3) is 0.429. The molecule has 0 radical (unpaired) electrons. The molecule has 3 rings (SSSR count). The zero-order chi connectivity index (χ0) is 13.2. The van der Waals surface area contributed by atoms with Crippen LogP contribution >= 0.6 is 15.9 Å². The van der Waals surface area contributed by atoms with Crippen LogP contribution in [0.3, 0.4) is 0 Å². The van der Waals surface area contributed by atoms with Crippen molar-refractivity contribution in [3.8, 4) is 0 Å². The van der Waals surface area contributed by atoms with Gasteiger partial charge in [0.2, 0.25) is 0 Å². The molecular weight excluding hydrogens is 306 g/mol. The van der Waals surface area contributed by atoms with Gasteiger partial charge in [-0.05, 0) is 40.9 Å². The molecule has 100 valence electrons. The Balaban J connectivity index is 1.92. The quantitative estimate of drug-likeness (QED) is 0.912. The first-order valence-electron chi connectivity index (χ1n) is 6.55. The molecule has 2 aromatic rings. The topological polar surface area (TPSA) is 58.0 Å². The molecule has 0 aromatic carbocycles. The van der Waals surface area contributed by atoms with Crippen molar-refractivity contribution >= 4 is 32.7 Å². The predicted octanol–water partition coefficient (Wildman–Crippen LogP) is 2.97. The number of pyridine rings is 2. The molecular formula is C14H16BrN3O. The lowest BCUT2D eigenvalue weighted by Crippen LogP contribution is -2.26. The van der Waals surface area contributed by atoms with Crippen molar-refractivity contribution in [2.75, 3.05) is 11.9 Å². The number of halogens is 1. The van der Waals surface area contributed by atoms with E-state index in [9.17, 15) is 5.11 Å². The van der Waals surface area contributed by atoms with E-state index in [1.54, 1.807) is 12.4 Å². The van der Waals surface area contributed by atoms with Crippen LogP contribution in [0.15, 0.2) is 29.0 Å². The van der Waals surface area contributed by atoms with Crippen molar-refractivity contribution < 1.29 is 5.11 Å². The molecule has 0 bridgehead atoms. The molecule has 2 N–H and O–H groups in total. The molecule has 2 unspecified atom stereocenters. The summed E-state index contributed by atoms with van der Waals surface area (Å²) in [4.78, 5) is 8.77. The lowest BCUT2D eigenvalue weighted by molar-refractivity contribution is 0.222. The van der Waals surface area contributed by atoms with Gasteiger partial charge in [0, 0.05) is 35.4 Å². The van der Waals surface area contributed by atoms with Crippen molar-refractivity contribution in [1.82, 2.24) is 9.97 Å². The van der Waals surface area contributed by atoms with Gasteiger partial charge in [0.25, 0.3) is 0 Å². The van der Waals surface area contributed by atoms with E-state index in [0.29, 0.717) is 12.0 Å². The number of anilines is 1. The number of aliphatic hydroxyl groups is 1. The highest BCUT2D eigenvalue weighted by atomic mass is 79.9. The van der Waals surface area contributed by atoms with Crippen molar-refractivity contribution in [3.05, 3.63) is 29.0 Å². The zero-order valence-corrected chi connectivity index (χ0v) is 12.1. The summed E-state index contributed by atoms with van der Waals surface area (Å²) in [6.45, 7) is 0.250. The molecule has 0 spiro atoms. The average Bonchev–Trinajstić information content (AvgIpc) is 2.86. The van der Waals surface area contributed by atoms with Crippen LogP contribution in [0.4, 0.5) is 5.69 Å². The zero-order valence-electron chi connectivity index (χ0n) is 10.5. The molecule has 1 aliphatic carbocycles. The second-order valence-corrected chi connectivity index (χ2v) is 5.92. The van der Waals surface area contributed by atoms with E-state index in [1.807, 2.05) is 12.1 Å². The molecule has 1 aliphatic rings. The van der Waals surface area contributed by atoms with Crippen LogP contribution in [0.25, 0.3) is 11.0 Å². The van der Waals surface area contributed by atoms with Crippen molar-refractivity contribution in [2.45, 2.75) is 25.3 Å². The molecule has 1 saturated carbocycles. The Bertz CT molecular complexity index is 590. The van der Waals surface area contributed by atoms with Crippen LogP contribution in [0, 0.1) is 5.92 Å². The number of hydrogen-bond acceptors (Lipinski definition) is 4. The van der Waals surface area contributed by atoms with Gasteiger partial charge >= 0.3 is 0 Å². The Morgan fingerprint density at radius 3 is 3.11 bits per heavy atom. The highest BCUT2D eigenvalue weighted by molar-refractivity contribution is 9.10. The number of hydrogen-bond donors (Lipinski definition) is 2. The maximum atomic E-state index is 9.39. The van der Waals surface area contributed by atoms with Gasteiger partial charge in [0.15, 0.2) is 0 Å². The number of nitrogens with one attached hydrogen (secondary N) is 1. The SMILES string of the molecule is OCC1CCCC1Nc1ccnc2cc(Br)cnc12. The summed E-state index contributed by atoms with van der Waals surface area (Å²) in [6, 6.07) is 4.25. The van der Waals surface area contributed by atoms with Crippen LogP contribution in [-0.2, 0) is 0 Å². The molecule has 2 heterocycles. The van der Waals surface area contributed by atoms with E-state index in [2.05, 4.69) is 31.2 Å². The van der Waals surface area contributed by atoms with Gasteiger partial charge in [-0.1, -0.05) is 6.42 Å². The minimum Gasteiger partial charge on any atom is -0.396 e. The van der Waals surface area contributed by atoms with Crippen molar-refractivity contribution in [3.63, 3.8) is 0 Å². The van der Waals surface area contributed by atoms with E-state index < -0.39 is 0 Å². The smallest absolute Gasteiger partial charge is 0.112 e. The first-order valence-corrected chi connectivity index (χ1v) is 7.35. The first-order chi connectivity index (χ1) is 9.28. The number of nitrogens with zero attached hydrogens (tertiary/aromatic N) is 2. The van der Waals surface area contributed by atoms with E-state index in [0.717, 1.165) is 34.0 Å². The Morgan fingerprint density at radius 1 is 1.37 bits per heavy atom. The minimum absolute atomic E-state index is 0.250. The third-order valence-electron chi connectivity index (χ3n) is 3.78. The van der Waals surface area contributed by atoms with Crippen LogP contribution < -0.4 is 5.32 Å². The molecule has 4 nitrogen and oxygen atoms in total. The highest BCUT2D eigenvalue weighted by Crippen LogP contribution is 2.30. The average molecular weight is 322 g/mol. The van der Waals surface area contributed by atoms with Gasteiger partial charge in [-0.15, -0.1) is 0 Å². The van der Waals surface area contributed by atoms with Crippen LogP contribution in [0.1, 0.15) is 19.3 Å². The van der Waals surface area contributed by atoms with Crippen molar-refractivity contribution in [1.29, 1.82) is 0 Å². The lowest BCUT2D eigenvalue weighted by atomic mass is 10.0. The summed E-state index contributed by atoms with van der Waals surface area (Å²) in [6.07, 6.45) is 6.95. The maximum Gasteiger partial charge on any atom is 0.112 e. The van der Waals surface area contributed by atoms with Gasteiger partial charge in [-0.3, -0.25) is 9.97 Å². The van der Waals surface area contributed by atoms with Crippen LogP contribution in [0.2, 0.25) is 0 Å². The second kappa shape index (κ2) is 5.43. The summed E-state index contributed by atoms with van der Waals surface area (Å²) in [5.74, 6) is 0.346. The van der Waals surface area contributed by atoms with Gasteiger partial charge in [-0.25, -0.2) is 0 Å². The Morgan fingerprint density at radius 2 is 2.26 bits per heavy atom. The highest BCUT2D eigenvalue weighted by Gasteiger charge is 2.26. The molecule has 0 aliphatic heterocycles. The summed E-state index contributed by atoms with van der Waals surface area (Å²) in [5, 5.41) is 12.9. The molecule has 1 fully saturated rings. The summed E-state index contributed by atoms with van der Waals surface area (Å²) >= 11 is 3.41. The number of aliphatic hydroxyl groups excluding tert-OH is 1. The van der Waals surface area contributed by atoms with E-state index in [-0.39, 0.29) is 6.61 Å². The number of rotatable bonds is 3. The van der Waals surface area contributed by atoms with E-state index in [1.165, 1.54) is 6.42 Å². The van der Waals surface area contributed by atoms with Crippen LogP contribution in [-0.4, -0.2) is 27.7 Å². The number of aromatic nitrogens is 2. The van der Waals surface area contributed by atoms with Gasteiger partial charge < -0.3 is 10.4 Å².